The van der Waals surface area contributed by atoms with Gasteiger partial charge in [-0.3, -0.25) is 14.4 Å². The Balaban J connectivity index is 1.72. The van der Waals surface area contributed by atoms with Crippen LogP contribution < -0.4 is 10.6 Å². The number of carbonyl (C=O) groups is 3. The molecule has 0 spiro atoms. The average Bonchev–Trinajstić information content (AvgIpc) is 3.09. The molecule has 2 heterocycles. The quantitative estimate of drug-likeness (QED) is 0.691. The summed E-state index contributed by atoms with van der Waals surface area (Å²) in [6, 6.07) is 6.76. The molecule has 3 rings (SSSR count). The van der Waals surface area contributed by atoms with E-state index in [1.54, 1.807) is 36.7 Å². The highest BCUT2D eigenvalue weighted by Gasteiger charge is 2.38. The minimum absolute atomic E-state index is 0.186. The van der Waals surface area contributed by atoms with Crippen molar-refractivity contribution < 1.29 is 14.4 Å². The Hall–Kier alpha value is -3.01. The molecule has 1 aromatic heterocycles. The maximum absolute atomic E-state index is 12.2. The summed E-state index contributed by atoms with van der Waals surface area (Å²) in [5, 5.41) is 15.3. The van der Waals surface area contributed by atoms with Gasteiger partial charge in [-0.25, -0.2) is 0 Å². The van der Waals surface area contributed by atoms with Gasteiger partial charge in [0, 0.05) is 11.3 Å². The molecule has 122 valence electrons. The number of rotatable bonds is 3. The zero-order valence-electron chi connectivity index (χ0n) is 12.4. The van der Waals surface area contributed by atoms with E-state index >= 15 is 0 Å². The molecule has 3 N–H and O–H groups in total. The third-order valence-corrected chi connectivity index (χ3v) is 3.85. The fraction of sp³-hybridized carbons (Fsp3) is 0.143. The lowest BCUT2D eigenvalue weighted by atomic mass is 10.1. The van der Waals surface area contributed by atoms with Gasteiger partial charge in [-0.2, -0.15) is 20.4 Å². The fourth-order valence-electron chi connectivity index (χ4n) is 2.09. The summed E-state index contributed by atoms with van der Waals surface area (Å²) in [7, 11) is 0. The number of nitrogens with one attached hydrogen (secondary N) is 3. The van der Waals surface area contributed by atoms with Gasteiger partial charge in [0.2, 0.25) is 11.8 Å². The van der Waals surface area contributed by atoms with Gasteiger partial charge in [0.1, 0.15) is 5.69 Å². The number of hydrogen-bond acceptors (Lipinski definition) is 6. The average molecular weight is 344 g/mol. The Morgan fingerprint density at radius 2 is 2.00 bits per heavy atom. The molecular formula is C14H12N6O3S. The number of aromatic nitrogens is 3. The highest BCUT2D eigenvalue weighted by molar-refractivity contribution is 8.13. The zero-order valence-corrected chi connectivity index (χ0v) is 13.3. The Morgan fingerprint density at radius 1 is 1.25 bits per heavy atom. The van der Waals surface area contributed by atoms with Gasteiger partial charge < -0.3 is 10.6 Å². The molecule has 24 heavy (non-hydrogen) atoms. The Bertz CT molecular complexity index is 816. The molecule has 9 nitrogen and oxygen atoms in total. The van der Waals surface area contributed by atoms with E-state index in [2.05, 4.69) is 31.0 Å². The topological polar surface area (TPSA) is 129 Å². The van der Waals surface area contributed by atoms with Gasteiger partial charge >= 0.3 is 0 Å². The van der Waals surface area contributed by atoms with E-state index in [0.29, 0.717) is 11.4 Å². The first-order valence-corrected chi connectivity index (χ1v) is 8.05. The lowest BCUT2D eigenvalue weighted by Crippen LogP contribution is -2.48. The van der Waals surface area contributed by atoms with E-state index in [-0.39, 0.29) is 5.17 Å². The molecule has 1 unspecified atom stereocenters. The number of amidine groups is 1. The Labute approximate surface area is 140 Å². The van der Waals surface area contributed by atoms with Crippen LogP contribution in [0, 0.1) is 5.92 Å². The number of nitrogens with zero attached hydrogens (tertiary/aromatic N) is 3. The molecule has 1 atom stereocenters. The standard InChI is InChI=1S/C14H12N6O3S/c1-24-14-17-12(22)10(13(23)18-14)11(21)16-8-4-2-7(3-5-8)9-6-15-20-19-9/h2-6,10H,1H3,(H,16,21)(H,15,19,20)(H,17,18,22,23). The number of H-pyrrole nitrogens is 1. The van der Waals surface area contributed by atoms with E-state index in [9.17, 15) is 14.4 Å². The second kappa shape index (κ2) is 6.62. The predicted octanol–water partition coefficient (Wildman–Crippen LogP) is 0.402. The minimum Gasteiger partial charge on any atom is -0.325 e. The lowest BCUT2D eigenvalue weighted by molar-refractivity contribution is -0.139. The second-order valence-electron chi connectivity index (χ2n) is 4.80. The van der Waals surface area contributed by atoms with Crippen LogP contribution in [-0.2, 0) is 14.4 Å². The van der Waals surface area contributed by atoms with Gasteiger partial charge in [-0.1, -0.05) is 23.9 Å². The number of hydrogen-bond donors (Lipinski definition) is 3. The maximum atomic E-state index is 12.2. The van der Waals surface area contributed by atoms with Crippen molar-refractivity contribution in [1.82, 2.24) is 20.7 Å². The van der Waals surface area contributed by atoms with Crippen molar-refractivity contribution in [2.75, 3.05) is 11.6 Å². The van der Waals surface area contributed by atoms with Crippen LogP contribution in [0.25, 0.3) is 11.3 Å². The third kappa shape index (κ3) is 3.18. The summed E-state index contributed by atoms with van der Waals surface area (Å²) in [6.45, 7) is 0. The number of carbonyl (C=O) groups excluding carboxylic acids is 3. The molecular weight excluding hydrogens is 332 g/mol. The van der Waals surface area contributed by atoms with Crippen LogP contribution >= 0.6 is 11.8 Å². The van der Waals surface area contributed by atoms with Crippen LogP contribution in [0.5, 0.6) is 0 Å². The first kappa shape index (κ1) is 15.9. The molecule has 0 aliphatic carbocycles. The SMILES string of the molecule is CSC1=NC(=O)C(C(=O)Nc2ccc(-c3cn[nH]n3)cc2)C(=O)N1. The molecule has 10 heteroatoms. The van der Waals surface area contributed by atoms with Crippen molar-refractivity contribution in [3.63, 3.8) is 0 Å². The predicted molar refractivity (Wildman–Crippen MR) is 88.0 cm³/mol. The Morgan fingerprint density at radius 3 is 2.58 bits per heavy atom. The van der Waals surface area contributed by atoms with Crippen molar-refractivity contribution in [2.24, 2.45) is 10.9 Å². The number of aliphatic imine (C=N–C) groups is 1. The number of thioether (sulfide) groups is 1. The van der Waals surface area contributed by atoms with Crippen LogP contribution in [0.2, 0.25) is 0 Å². The molecule has 0 fully saturated rings. The second-order valence-corrected chi connectivity index (χ2v) is 5.60. The third-order valence-electron chi connectivity index (χ3n) is 3.27. The molecule has 0 saturated carbocycles. The summed E-state index contributed by atoms with van der Waals surface area (Å²) < 4.78 is 0. The number of aromatic amines is 1. The molecule has 0 saturated heterocycles. The van der Waals surface area contributed by atoms with Crippen molar-refractivity contribution in [3.8, 4) is 11.3 Å². The van der Waals surface area contributed by atoms with Gasteiger partial charge in [0.05, 0.1) is 6.20 Å². The normalized spacial score (nSPS) is 17.2. The van der Waals surface area contributed by atoms with Crippen LogP contribution in [0.1, 0.15) is 0 Å². The molecule has 1 aromatic carbocycles. The minimum atomic E-state index is -1.49. The number of amides is 3. The molecule has 2 aromatic rings. The van der Waals surface area contributed by atoms with Crippen molar-refractivity contribution in [1.29, 1.82) is 0 Å². The van der Waals surface area contributed by atoms with Crippen molar-refractivity contribution in [3.05, 3.63) is 30.5 Å². The maximum Gasteiger partial charge on any atom is 0.270 e. The van der Waals surface area contributed by atoms with Gasteiger partial charge in [0.15, 0.2) is 11.1 Å². The van der Waals surface area contributed by atoms with E-state index in [4.69, 9.17) is 0 Å². The van der Waals surface area contributed by atoms with E-state index in [1.807, 2.05) is 0 Å². The van der Waals surface area contributed by atoms with Crippen molar-refractivity contribution >= 4 is 40.3 Å². The largest absolute Gasteiger partial charge is 0.325 e. The van der Waals surface area contributed by atoms with Gasteiger partial charge in [0.25, 0.3) is 5.91 Å². The highest BCUT2D eigenvalue weighted by atomic mass is 32.2. The van der Waals surface area contributed by atoms with Crippen LogP contribution in [0.3, 0.4) is 0 Å². The van der Waals surface area contributed by atoms with E-state index < -0.39 is 23.6 Å². The lowest BCUT2D eigenvalue weighted by Gasteiger charge is -2.18. The van der Waals surface area contributed by atoms with E-state index in [1.165, 1.54) is 0 Å². The monoisotopic (exact) mass is 344 g/mol. The van der Waals surface area contributed by atoms with Gasteiger partial charge in [-0.15, -0.1) is 0 Å². The van der Waals surface area contributed by atoms with E-state index in [0.717, 1.165) is 17.3 Å². The first-order chi connectivity index (χ1) is 11.6. The van der Waals surface area contributed by atoms with Crippen LogP contribution in [0.4, 0.5) is 5.69 Å². The number of anilines is 1. The van der Waals surface area contributed by atoms with Crippen molar-refractivity contribution in [2.45, 2.75) is 0 Å². The molecule has 1 aliphatic rings. The fourth-order valence-corrected chi connectivity index (χ4v) is 2.47. The molecule has 0 radical (unpaired) electrons. The first-order valence-electron chi connectivity index (χ1n) is 6.83. The zero-order chi connectivity index (χ0) is 17.1. The summed E-state index contributed by atoms with van der Waals surface area (Å²) in [4.78, 5) is 39.7. The van der Waals surface area contributed by atoms with Crippen LogP contribution in [-0.4, -0.2) is 44.6 Å². The van der Waals surface area contributed by atoms with Gasteiger partial charge in [-0.05, 0) is 18.4 Å². The smallest absolute Gasteiger partial charge is 0.270 e. The summed E-state index contributed by atoms with van der Waals surface area (Å²) >= 11 is 1.12. The Kier molecular flexibility index (Phi) is 4.38. The molecule has 0 bridgehead atoms. The summed E-state index contributed by atoms with van der Waals surface area (Å²) in [6.07, 6.45) is 3.24. The number of benzene rings is 1. The summed E-state index contributed by atoms with van der Waals surface area (Å²) in [5.74, 6) is -3.68. The summed E-state index contributed by atoms with van der Waals surface area (Å²) in [5.41, 5.74) is 1.92. The molecule has 1 aliphatic heterocycles. The highest BCUT2D eigenvalue weighted by Crippen LogP contribution is 2.19. The van der Waals surface area contributed by atoms with Crippen LogP contribution in [0.15, 0.2) is 35.5 Å². The molecule has 3 amide bonds.